The van der Waals surface area contributed by atoms with E-state index < -0.39 is 0 Å². The summed E-state index contributed by atoms with van der Waals surface area (Å²) >= 11 is 0. The average molecular weight is 286 g/mol. The van der Waals surface area contributed by atoms with Crippen LogP contribution in [-0.2, 0) is 10.2 Å². The standard InChI is InChI=1S/C18H22O3/c1-4-21-17(13-5-9-15(19)10-6-13)18(2,3)14-7-11-16(20)12-8-14/h5-12,17,19-20H,4H2,1-3H3. The van der Waals surface area contributed by atoms with E-state index in [4.69, 9.17) is 4.74 Å². The fraction of sp³-hybridized carbons (Fsp3) is 0.333. The van der Waals surface area contributed by atoms with Crippen molar-refractivity contribution in [2.75, 3.05) is 6.61 Å². The zero-order chi connectivity index (χ0) is 15.5. The first-order chi connectivity index (χ1) is 9.95. The van der Waals surface area contributed by atoms with E-state index in [2.05, 4.69) is 13.8 Å². The molecule has 0 bridgehead atoms. The van der Waals surface area contributed by atoms with Gasteiger partial charge in [-0.25, -0.2) is 0 Å². The molecule has 0 aliphatic carbocycles. The van der Waals surface area contributed by atoms with Gasteiger partial charge in [-0.1, -0.05) is 38.1 Å². The third-order valence-electron chi connectivity index (χ3n) is 3.80. The molecular weight excluding hydrogens is 264 g/mol. The Kier molecular flexibility index (Phi) is 4.53. The Morgan fingerprint density at radius 3 is 1.86 bits per heavy atom. The molecule has 0 radical (unpaired) electrons. The fourth-order valence-electron chi connectivity index (χ4n) is 2.58. The molecule has 0 spiro atoms. The average Bonchev–Trinajstić information content (AvgIpc) is 2.46. The fourth-order valence-corrected chi connectivity index (χ4v) is 2.58. The van der Waals surface area contributed by atoms with Crippen LogP contribution in [0.1, 0.15) is 38.0 Å². The second kappa shape index (κ2) is 6.19. The van der Waals surface area contributed by atoms with Crippen LogP contribution in [0.4, 0.5) is 0 Å². The summed E-state index contributed by atoms with van der Waals surface area (Å²) in [6, 6.07) is 14.3. The Morgan fingerprint density at radius 1 is 0.905 bits per heavy atom. The van der Waals surface area contributed by atoms with E-state index >= 15 is 0 Å². The minimum absolute atomic E-state index is 0.132. The maximum absolute atomic E-state index is 9.45. The lowest BCUT2D eigenvalue weighted by atomic mass is 9.76. The maximum atomic E-state index is 9.45. The van der Waals surface area contributed by atoms with Gasteiger partial charge in [-0.2, -0.15) is 0 Å². The van der Waals surface area contributed by atoms with Crippen molar-refractivity contribution >= 4 is 0 Å². The largest absolute Gasteiger partial charge is 0.508 e. The van der Waals surface area contributed by atoms with Gasteiger partial charge in [0.05, 0.1) is 6.10 Å². The van der Waals surface area contributed by atoms with Crippen molar-refractivity contribution in [2.45, 2.75) is 32.3 Å². The number of hydrogen-bond donors (Lipinski definition) is 2. The van der Waals surface area contributed by atoms with E-state index in [9.17, 15) is 10.2 Å². The first kappa shape index (κ1) is 15.4. The van der Waals surface area contributed by atoms with Gasteiger partial charge in [-0.3, -0.25) is 0 Å². The predicted molar refractivity (Wildman–Crippen MR) is 83.6 cm³/mol. The first-order valence-electron chi connectivity index (χ1n) is 7.15. The molecule has 0 aliphatic heterocycles. The van der Waals surface area contributed by atoms with Crippen LogP contribution in [0, 0.1) is 0 Å². The molecule has 1 atom stereocenters. The third-order valence-corrected chi connectivity index (χ3v) is 3.80. The minimum Gasteiger partial charge on any atom is -0.508 e. The lowest BCUT2D eigenvalue weighted by Crippen LogP contribution is -2.29. The molecule has 0 aromatic heterocycles. The van der Waals surface area contributed by atoms with E-state index in [0.29, 0.717) is 6.61 Å². The van der Waals surface area contributed by atoms with Crippen molar-refractivity contribution in [3.8, 4) is 11.5 Å². The Morgan fingerprint density at radius 2 is 1.38 bits per heavy atom. The van der Waals surface area contributed by atoms with E-state index in [1.54, 1.807) is 24.3 Å². The molecular formula is C18H22O3. The van der Waals surface area contributed by atoms with Gasteiger partial charge in [0.15, 0.2) is 0 Å². The van der Waals surface area contributed by atoms with Gasteiger partial charge in [0, 0.05) is 12.0 Å². The number of hydrogen-bond acceptors (Lipinski definition) is 3. The van der Waals surface area contributed by atoms with Gasteiger partial charge in [0.25, 0.3) is 0 Å². The zero-order valence-corrected chi connectivity index (χ0v) is 12.7. The molecule has 0 fully saturated rings. The molecule has 0 saturated heterocycles. The quantitative estimate of drug-likeness (QED) is 0.868. The summed E-state index contributed by atoms with van der Waals surface area (Å²) in [6.07, 6.45) is -0.132. The Bertz CT molecular complexity index is 570. The summed E-state index contributed by atoms with van der Waals surface area (Å²) in [4.78, 5) is 0. The van der Waals surface area contributed by atoms with E-state index in [1.807, 2.05) is 31.2 Å². The van der Waals surface area contributed by atoms with Gasteiger partial charge < -0.3 is 14.9 Å². The normalized spacial score (nSPS) is 13.1. The Labute approximate surface area is 125 Å². The van der Waals surface area contributed by atoms with E-state index in [0.717, 1.165) is 11.1 Å². The highest BCUT2D eigenvalue weighted by molar-refractivity contribution is 5.36. The summed E-state index contributed by atoms with van der Waals surface area (Å²) in [5, 5.41) is 18.9. The third kappa shape index (κ3) is 3.37. The molecule has 112 valence electrons. The number of rotatable bonds is 5. The lowest BCUT2D eigenvalue weighted by Gasteiger charge is -2.35. The van der Waals surface area contributed by atoms with Crippen LogP contribution in [0.25, 0.3) is 0 Å². The molecule has 0 aliphatic rings. The minimum atomic E-state index is -0.263. The molecule has 3 heteroatoms. The highest BCUT2D eigenvalue weighted by atomic mass is 16.5. The zero-order valence-electron chi connectivity index (χ0n) is 12.7. The smallest absolute Gasteiger partial charge is 0.115 e. The van der Waals surface area contributed by atoms with Crippen molar-refractivity contribution in [1.82, 2.24) is 0 Å². The summed E-state index contributed by atoms with van der Waals surface area (Å²) < 4.78 is 5.97. The van der Waals surface area contributed by atoms with Gasteiger partial charge in [-0.05, 0) is 42.3 Å². The summed E-state index contributed by atoms with van der Waals surface area (Å²) in [7, 11) is 0. The second-order valence-corrected chi connectivity index (χ2v) is 5.70. The van der Waals surface area contributed by atoms with E-state index in [-0.39, 0.29) is 23.0 Å². The van der Waals surface area contributed by atoms with Crippen LogP contribution in [0.15, 0.2) is 48.5 Å². The molecule has 21 heavy (non-hydrogen) atoms. The SMILES string of the molecule is CCOC(c1ccc(O)cc1)C(C)(C)c1ccc(O)cc1. The van der Waals surface area contributed by atoms with Crippen molar-refractivity contribution in [3.63, 3.8) is 0 Å². The van der Waals surface area contributed by atoms with Crippen molar-refractivity contribution in [1.29, 1.82) is 0 Å². The number of ether oxygens (including phenoxy) is 1. The molecule has 0 heterocycles. The molecule has 2 rings (SSSR count). The molecule has 0 saturated carbocycles. The maximum Gasteiger partial charge on any atom is 0.115 e. The Balaban J connectivity index is 2.39. The van der Waals surface area contributed by atoms with Crippen molar-refractivity contribution in [2.24, 2.45) is 0 Å². The summed E-state index contributed by atoms with van der Waals surface area (Å²) in [6.45, 7) is 6.81. The number of benzene rings is 2. The van der Waals surface area contributed by atoms with E-state index in [1.165, 1.54) is 0 Å². The van der Waals surface area contributed by atoms with Crippen LogP contribution in [0.2, 0.25) is 0 Å². The van der Waals surface area contributed by atoms with Gasteiger partial charge in [0.2, 0.25) is 0 Å². The van der Waals surface area contributed by atoms with Crippen LogP contribution in [0.5, 0.6) is 11.5 Å². The monoisotopic (exact) mass is 286 g/mol. The highest BCUT2D eigenvalue weighted by Gasteiger charge is 2.33. The summed E-state index contributed by atoms with van der Waals surface area (Å²) in [5.41, 5.74) is 1.85. The van der Waals surface area contributed by atoms with Crippen molar-refractivity contribution < 1.29 is 14.9 Å². The molecule has 2 aromatic rings. The molecule has 3 nitrogen and oxygen atoms in total. The Hall–Kier alpha value is -2.00. The molecule has 2 aromatic carbocycles. The molecule has 1 unspecified atom stereocenters. The van der Waals surface area contributed by atoms with Crippen molar-refractivity contribution in [3.05, 3.63) is 59.7 Å². The summed E-state index contributed by atoms with van der Waals surface area (Å²) in [5.74, 6) is 0.503. The van der Waals surface area contributed by atoms with Crippen LogP contribution in [0.3, 0.4) is 0 Å². The number of aromatic hydroxyl groups is 2. The van der Waals surface area contributed by atoms with Gasteiger partial charge >= 0.3 is 0 Å². The van der Waals surface area contributed by atoms with Gasteiger partial charge in [0.1, 0.15) is 11.5 Å². The van der Waals surface area contributed by atoms with Gasteiger partial charge in [-0.15, -0.1) is 0 Å². The number of phenolic OH excluding ortho intramolecular Hbond substituents is 2. The molecule has 2 N–H and O–H groups in total. The van der Waals surface area contributed by atoms with Crippen LogP contribution in [-0.4, -0.2) is 16.8 Å². The van der Waals surface area contributed by atoms with Crippen LogP contribution >= 0.6 is 0 Å². The topological polar surface area (TPSA) is 49.7 Å². The molecule has 0 amide bonds. The first-order valence-corrected chi connectivity index (χ1v) is 7.15. The lowest BCUT2D eigenvalue weighted by molar-refractivity contribution is 0.0125. The van der Waals surface area contributed by atoms with Crippen LogP contribution < -0.4 is 0 Å². The second-order valence-electron chi connectivity index (χ2n) is 5.70. The highest BCUT2D eigenvalue weighted by Crippen LogP contribution is 2.40. The predicted octanol–water partition coefficient (Wildman–Crippen LogP) is 4.15. The number of phenols is 2.